The highest BCUT2D eigenvalue weighted by Crippen LogP contribution is 2.21. The molecule has 2 heterocycles. The number of carbonyl (C=O) groups is 1. The van der Waals surface area contributed by atoms with Crippen molar-refractivity contribution in [1.29, 1.82) is 0 Å². The van der Waals surface area contributed by atoms with Crippen molar-refractivity contribution in [1.82, 2.24) is 9.97 Å². The first-order chi connectivity index (χ1) is 12.1. The molecular formula is C17H19ClN4O3. The second-order valence-electron chi connectivity index (χ2n) is 5.61. The minimum Gasteiger partial charge on any atom is -0.484 e. The number of nitrogens with zero attached hydrogens (tertiary/aromatic N) is 3. The van der Waals surface area contributed by atoms with Crippen LogP contribution in [0.3, 0.4) is 0 Å². The van der Waals surface area contributed by atoms with Crippen molar-refractivity contribution in [2.45, 2.75) is 6.92 Å². The van der Waals surface area contributed by atoms with Crippen molar-refractivity contribution < 1.29 is 14.3 Å². The summed E-state index contributed by atoms with van der Waals surface area (Å²) in [6, 6.07) is 7.00. The van der Waals surface area contributed by atoms with Crippen molar-refractivity contribution in [3.05, 3.63) is 41.2 Å². The molecule has 132 valence electrons. The number of carbonyl (C=O) groups excluding carboxylic acids is 1. The molecule has 25 heavy (non-hydrogen) atoms. The van der Waals surface area contributed by atoms with Crippen LogP contribution in [0.4, 0.5) is 11.6 Å². The van der Waals surface area contributed by atoms with Gasteiger partial charge in [0.25, 0.3) is 5.91 Å². The summed E-state index contributed by atoms with van der Waals surface area (Å²) in [4.78, 5) is 22.5. The molecule has 1 aliphatic rings. The zero-order valence-corrected chi connectivity index (χ0v) is 14.6. The fraction of sp³-hybridized carbons (Fsp3) is 0.353. The van der Waals surface area contributed by atoms with Crippen molar-refractivity contribution in [3.8, 4) is 5.75 Å². The predicted octanol–water partition coefficient (Wildman–Crippen LogP) is 2.29. The first kappa shape index (κ1) is 17.4. The number of aromatic nitrogens is 2. The molecule has 1 N–H and O–H groups in total. The zero-order valence-electron chi connectivity index (χ0n) is 13.9. The number of nitrogens with one attached hydrogen (secondary N) is 1. The lowest BCUT2D eigenvalue weighted by Gasteiger charge is -2.27. The van der Waals surface area contributed by atoms with Crippen molar-refractivity contribution in [3.63, 3.8) is 0 Å². The molecule has 1 aliphatic heterocycles. The van der Waals surface area contributed by atoms with Crippen LogP contribution in [0.15, 0.2) is 30.6 Å². The van der Waals surface area contributed by atoms with Crippen LogP contribution in [0.2, 0.25) is 5.02 Å². The van der Waals surface area contributed by atoms with Crippen LogP contribution in [0.5, 0.6) is 5.75 Å². The van der Waals surface area contributed by atoms with Gasteiger partial charge < -0.3 is 19.7 Å². The normalized spacial score (nSPS) is 14.2. The number of halogens is 1. The first-order valence-corrected chi connectivity index (χ1v) is 8.33. The Labute approximate surface area is 150 Å². The fourth-order valence-corrected chi connectivity index (χ4v) is 2.53. The summed E-state index contributed by atoms with van der Waals surface area (Å²) >= 11 is 5.97. The number of morpholine rings is 1. The van der Waals surface area contributed by atoms with E-state index in [4.69, 9.17) is 21.1 Å². The lowest BCUT2D eigenvalue weighted by Crippen LogP contribution is -2.36. The summed E-state index contributed by atoms with van der Waals surface area (Å²) < 4.78 is 10.8. The van der Waals surface area contributed by atoms with E-state index < -0.39 is 0 Å². The molecule has 0 unspecified atom stereocenters. The molecule has 0 bridgehead atoms. The van der Waals surface area contributed by atoms with Gasteiger partial charge in [-0.15, -0.1) is 0 Å². The SMILES string of the molecule is Cc1cc(OCC(=O)Nc2cc(N3CCOCC3)ncn2)ccc1Cl. The van der Waals surface area contributed by atoms with Gasteiger partial charge >= 0.3 is 0 Å². The average molecular weight is 363 g/mol. The number of hydrogen-bond acceptors (Lipinski definition) is 6. The third kappa shape index (κ3) is 4.80. The average Bonchev–Trinajstić information content (AvgIpc) is 2.64. The summed E-state index contributed by atoms with van der Waals surface area (Å²) in [6.45, 7) is 4.63. The number of anilines is 2. The Morgan fingerprint density at radius 1 is 1.32 bits per heavy atom. The van der Waals surface area contributed by atoms with Gasteiger partial charge in [-0.25, -0.2) is 9.97 Å². The fourth-order valence-electron chi connectivity index (χ4n) is 2.42. The molecule has 8 heteroatoms. The van der Waals surface area contributed by atoms with Crippen LogP contribution in [-0.4, -0.2) is 48.8 Å². The molecule has 2 aromatic rings. The quantitative estimate of drug-likeness (QED) is 0.879. The topological polar surface area (TPSA) is 76.6 Å². The van der Waals surface area contributed by atoms with E-state index in [2.05, 4.69) is 20.2 Å². The second kappa shape index (κ2) is 8.13. The van der Waals surface area contributed by atoms with Crippen molar-refractivity contribution >= 4 is 29.1 Å². The molecule has 0 aliphatic carbocycles. The number of rotatable bonds is 5. The van der Waals surface area contributed by atoms with Gasteiger partial charge in [-0.2, -0.15) is 0 Å². The van der Waals surface area contributed by atoms with Gasteiger partial charge in [0.05, 0.1) is 13.2 Å². The number of benzene rings is 1. The molecule has 3 rings (SSSR count). The summed E-state index contributed by atoms with van der Waals surface area (Å²) in [6.07, 6.45) is 1.43. The molecule has 0 atom stereocenters. The predicted molar refractivity (Wildman–Crippen MR) is 95.4 cm³/mol. The maximum absolute atomic E-state index is 12.1. The lowest BCUT2D eigenvalue weighted by molar-refractivity contribution is -0.118. The highest BCUT2D eigenvalue weighted by molar-refractivity contribution is 6.31. The molecule has 0 spiro atoms. The van der Waals surface area contributed by atoms with E-state index in [9.17, 15) is 4.79 Å². The summed E-state index contributed by atoms with van der Waals surface area (Å²) in [5.74, 6) is 1.51. The third-order valence-electron chi connectivity index (χ3n) is 3.75. The summed E-state index contributed by atoms with van der Waals surface area (Å²) in [5, 5.41) is 3.38. The van der Waals surface area contributed by atoms with Crippen molar-refractivity contribution in [2.24, 2.45) is 0 Å². The zero-order chi connectivity index (χ0) is 17.6. The van der Waals surface area contributed by atoms with Gasteiger partial charge in [0.15, 0.2) is 6.61 Å². The summed E-state index contributed by atoms with van der Waals surface area (Å²) in [5.41, 5.74) is 0.894. The number of ether oxygens (including phenoxy) is 2. The molecule has 1 aromatic carbocycles. The molecule has 1 amide bonds. The van der Waals surface area contributed by atoms with E-state index >= 15 is 0 Å². The van der Waals surface area contributed by atoms with Crippen LogP contribution in [0.25, 0.3) is 0 Å². The number of amides is 1. The van der Waals surface area contributed by atoms with Gasteiger partial charge in [0.2, 0.25) is 0 Å². The number of hydrogen-bond donors (Lipinski definition) is 1. The molecule has 1 saturated heterocycles. The van der Waals surface area contributed by atoms with Gasteiger partial charge in [-0.1, -0.05) is 11.6 Å². The van der Waals surface area contributed by atoms with E-state index in [1.54, 1.807) is 24.3 Å². The van der Waals surface area contributed by atoms with E-state index in [1.807, 2.05) is 6.92 Å². The van der Waals surface area contributed by atoms with Crippen molar-refractivity contribution in [2.75, 3.05) is 43.1 Å². The first-order valence-electron chi connectivity index (χ1n) is 7.95. The Morgan fingerprint density at radius 3 is 2.88 bits per heavy atom. The third-order valence-corrected chi connectivity index (χ3v) is 4.18. The highest BCUT2D eigenvalue weighted by Gasteiger charge is 2.14. The Morgan fingerprint density at radius 2 is 2.12 bits per heavy atom. The van der Waals surface area contributed by atoms with Gasteiger partial charge in [-0.3, -0.25) is 4.79 Å². The van der Waals surface area contributed by atoms with E-state index in [0.717, 1.165) is 24.5 Å². The van der Waals surface area contributed by atoms with Crippen LogP contribution in [-0.2, 0) is 9.53 Å². The Hall–Kier alpha value is -2.38. The summed E-state index contributed by atoms with van der Waals surface area (Å²) in [7, 11) is 0. The Balaban J connectivity index is 1.56. The van der Waals surface area contributed by atoms with Crippen LogP contribution >= 0.6 is 11.6 Å². The monoisotopic (exact) mass is 362 g/mol. The van der Waals surface area contributed by atoms with Gasteiger partial charge in [-0.05, 0) is 30.7 Å². The molecule has 7 nitrogen and oxygen atoms in total. The Kier molecular flexibility index (Phi) is 5.67. The molecule has 1 fully saturated rings. The maximum atomic E-state index is 12.1. The van der Waals surface area contributed by atoms with Crippen LogP contribution in [0, 0.1) is 6.92 Å². The minimum absolute atomic E-state index is 0.113. The number of aryl methyl sites for hydroxylation is 1. The van der Waals surface area contributed by atoms with Gasteiger partial charge in [0, 0.05) is 24.2 Å². The standard InChI is InChI=1S/C17H19ClN4O3/c1-12-8-13(2-3-14(12)18)25-10-17(23)21-15-9-16(20-11-19-15)22-4-6-24-7-5-22/h2-3,8-9,11H,4-7,10H2,1H3,(H,19,20,21,23). The Bertz CT molecular complexity index is 750. The second-order valence-corrected chi connectivity index (χ2v) is 6.02. The molecular weight excluding hydrogens is 344 g/mol. The maximum Gasteiger partial charge on any atom is 0.263 e. The van der Waals surface area contributed by atoms with E-state index in [0.29, 0.717) is 29.8 Å². The van der Waals surface area contributed by atoms with Gasteiger partial charge in [0.1, 0.15) is 23.7 Å². The smallest absolute Gasteiger partial charge is 0.263 e. The lowest BCUT2D eigenvalue weighted by atomic mass is 10.2. The largest absolute Gasteiger partial charge is 0.484 e. The van der Waals surface area contributed by atoms with E-state index in [-0.39, 0.29) is 12.5 Å². The highest BCUT2D eigenvalue weighted by atomic mass is 35.5. The molecule has 1 aromatic heterocycles. The van der Waals surface area contributed by atoms with Crippen LogP contribution < -0.4 is 15.0 Å². The molecule has 0 radical (unpaired) electrons. The minimum atomic E-state index is -0.292. The molecule has 0 saturated carbocycles. The van der Waals surface area contributed by atoms with E-state index in [1.165, 1.54) is 6.33 Å². The van der Waals surface area contributed by atoms with Crippen LogP contribution in [0.1, 0.15) is 5.56 Å².